The van der Waals surface area contributed by atoms with Crippen molar-refractivity contribution in [3.8, 4) is 0 Å². The van der Waals surface area contributed by atoms with Crippen molar-refractivity contribution in [3.63, 3.8) is 0 Å². The quantitative estimate of drug-likeness (QED) is 0.498. The lowest BCUT2D eigenvalue weighted by molar-refractivity contribution is -0.384. The average Bonchev–Trinajstić information content (AvgIpc) is 2.45. The Morgan fingerprint density at radius 2 is 2.00 bits per heavy atom. The van der Waals surface area contributed by atoms with Gasteiger partial charge in [-0.1, -0.05) is 18.7 Å². The van der Waals surface area contributed by atoms with Crippen molar-refractivity contribution in [2.24, 2.45) is 0 Å². The summed E-state index contributed by atoms with van der Waals surface area (Å²) in [6.45, 7) is 4.82. The third kappa shape index (κ3) is 4.42. The first-order valence-corrected chi connectivity index (χ1v) is 7.42. The van der Waals surface area contributed by atoms with Crippen molar-refractivity contribution < 1.29 is 4.92 Å². The van der Waals surface area contributed by atoms with E-state index in [2.05, 4.69) is 22.2 Å². The second-order valence-electron chi connectivity index (χ2n) is 4.45. The van der Waals surface area contributed by atoms with E-state index in [0.29, 0.717) is 5.95 Å². The highest BCUT2D eigenvalue weighted by Gasteiger charge is 2.07. The highest BCUT2D eigenvalue weighted by molar-refractivity contribution is 7.99. The number of benzene rings is 1. The molecule has 110 valence electrons. The van der Waals surface area contributed by atoms with Gasteiger partial charge in [0.1, 0.15) is 5.03 Å². The summed E-state index contributed by atoms with van der Waals surface area (Å²) in [4.78, 5) is 19.9. The van der Waals surface area contributed by atoms with Gasteiger partial charge in [0.25, 0.3) is 5.69 Å². The first-order chi connectivity index (χ1) is 10.1. The molecule has 2 aromatic rings. The number of aryl methyl sites for hydroxylation is 1. The van der Waals surface area contributed by atoms with Gasteiger partial charge >= 0.3 is 0 Å². The molecule has 0 bridgehead atoms. The lowest BCUT2D eigenvalue weighted by atomic mass is 10.3. The smallest absolute Gasteiger partial charge is 0.269 e. The molecule has 2 rings (SSSR count). The molecule has 0 radical (unpaired) electrons. The van der Waals surface area contributed by atoms with E-state index in [1.807, 2.05) is 13.0 Å². The van der Waals surface area contributed by atoms with Crippen LogP contribution in [-0.2, 0) is 0 Å². The summed E-state index contributed by atoms with van der Waals surface area (Å²) in [7, 11) is 0. The molecule has 6 nitrogen and oxygen atoms in total. The van der Waals surface area contributed by atoms with E-state index in [-0.39, 0.29) is 5.69 Å². The van der Waals surface area contributed by atoms with Crippen molar-refractivity contribution in [2.75, 3.05) is 11.9 Å². The molecule has 1 heterocycles. The molecule has 0 saturated heterocycles. The van der Waals surface area contributed by atoms with Gasteiger partial charge in [-0.05, 0) is 31.5 Å². The molecule has 0 unspecified atom stereocenters. The van der Waals surface area contributed by atoms with Crippen LogP contribution in [0, 0.1) is 17.0 Å². The lowest BCUT2D eigenvalue weighted by Gasteiger charge is -2.07. The van der Waals surface area contributed by atoms with E-state index < -0.39 is 4.92 Å². The maximum atomic E-state index is 10.6. The van der Waals surface area contributed by atoms with E-state index in [1.165, 1.54) is 23.9 Å². The summed E-state index contributed by atoms with van der Waals surface area (Å²) < 4.78 is 0. The summed E-state index contributed by atoms with van der Waals surface area (Å²) in [5.74, 6) is 0.612. The van der Waals surface area contributed by atoms with Crippen LogP contribution in [0.5, 0.6) is 0 Å². The predicted octanol–water partition coefficient (Wildman–Crippen LogP) is 3.67. The maximum absolute atomic E-state index is 10.6. The fraction of sp³-hybridized carbons (Fsp3) is 0.286. The first kappa shape index (κ1) is 15.2. The van der Waals surface area contributed by atoms with Crippen molar-refractivity contribution in [3.05, 3.63) is 46.1 Å². The van der Waals surface area contributed by atoms with Crippen LogP contribution in [0.4, 0.5) is 11.6 Å². The van der Waals surface area contributed by atoms with Crippen LogP contribution in [0.3, 0.4) is 0 Å². The fourth-order valence-corrected chi connectivity index (χ4v) is 2.54. The van der Waals surface area contributed by atoms with E-state index in [9.17, 15) is 10.1 Å². The SMILES string of the molecule is CCCNc1nc(C)cc(Sc2ccc([N+](=O)[O-])cc2)n1. The summed E-state index contributed by atoms with van der Waals surface area (Å²) in [5, 5.41) is 14.6. The van der Waals surface area contributed by atoms with Crippen LogP contribution in [0.2, 0.25) is 0 Å². The third-order valence-corrected chi connectivity index (χ3v) is 3.56. The number of nitro benzene ring substituents is 1. The largest absolute Gasteiger partial charge is 0.354 e. The molecule has 0 saturated carbocycles. The van der Waals surface area contributed by atoms with Crippen LogP contribution in [-0.4, -0.2) is 21.4 Å². The zero-order valence-corrected chi connectivity index (χ0v) is 12.7. The summed E-state index contributed by atoms with van der Waals surface area (Å²) >= 11 is 1.46. The molecule has 1 aromatic carbocycles. The molecule has 0 aliphatic rings. The third-order valence-electron chi connectivity index (χ3n) is 2.63. The molecule has 0 fully saturated rings. The normalized spacial score (nSPS) is 10.4. The summed E-state index contributed by atoms with van der Waals surface area (Å²) in [5.41, 5.74) is 0.969. The summed E-state index contributed by atoms with van der Waals surface area (Å²) in [6.07, 6.45) is 1.00. The molecule has 0 atom stereocenters. The van der Waals surface area contributed by atoms with Crippen LogP contribution >= 0.6 is 11.8 Å². The number of nitro groups is 1. The van der Waals surface area contributed by atoms with Crippen molar-refractivity contribution in [1.82, 2.24) is 9.97 Å². The number of aromatic nitrogens is 2. The van der Waals surface area contributed by atoms with Gasteiger partial charge in [-0.25, -0.2) is 9.97 Å². The van der Waals surface area contributed by atoms with Gasteiger partial charge in [-0.2, -0.15) is 0 Å². The molecule has 1 N–H and O–H groups in total. The highest BCUT2D eigenvalue weighted by Crippen LogP contribution is 2.28. The molecule has 0 spiro atoms. The number of hydrogen-bond donors (Lipinski definition) is 1. The Morgan fingerprint density at radius 3 is 2.62 bits per heavy atom. The van der Waals surface area contributed by atoms with Gasteiger partial charge in [0, 0.05) is 29.3 Å². The summed E-state index contributed by atoms with van der Waals surface area (Å²) in [6, 6.07) is 8.32. The van der Waals surface area contributed by atoms with E-state index in [4.69, 9.17) is 0 Å². The Kier molecular flexibility index (Phi) is 5.10. The van der Waals surface area contributed by atoms with Crippen molar-refractivity contribution >= 4 is 23.4 Å². The number of rotatable bonds is 6. The van der Waals surface area contributed by atoms with Crippen LogP contribution in [0.25, 0.3) is 0 Å². The predicted molar refractivity (Wildman–Crippen MR) is 82.8 cm³/mol. The number of nitrogens with one attached hydrogen (secondary N) is 1. The molecule has 21 heavy (non-hydrogen) atoms. The van der Waals surface area contributed by atoms with Crippen LogP contribution in [0.15, 0.2) is 40.3 Å². The molecule has 0 aliphatic carbocycles. The maximum Gasteiger partial charge on any atom is 0.269 e. The minimum Gasteiger partial charge on any atom is -0.354 e. The monoisotopic (exact) mass is 304 g/mol. The van der Waals surface area contributed by atoms with E-state index >= 15 is 0 Å². The number of hydrogen-bond acceptors (Lipinski definition) is 6. The van der Waals surface area contributed by atoms with Gasteiger partial charge in [0.05, 0.1) is 4.92 Å². The molecule has 1 aromatic heterocycles. The minimum absolute atomic E-state index is 0.0866. The Labute approximate surface area is 127 Å². The van der Waals surface area contributed by atoms with Crippen LogP contribution in [0.1, 0.15) is 19.0 Å². The molecular formula is C14H16N4O2S. The second kappa shape index (κ2) is 7.03. The first-order valence-electron chi connectivity index (χ1n) is 6.60. The number of non-ortho nitro benzene ring substituents is 1. The van der Waals surface area contributed by atoms with Crippen molar-refractivity contribution in [2.45, 2.75) is 30.2 Å². The Morgan fingerprint density at radius 1 is 1.29 bits per heavy atom. The van der Waals surface area contributed by atoms with E-state index in [0.717, 1.165) is 28.6 Å². The van der Waals surface area contributed by atoms with Crippen molar-refractivity contribution in [1.29, 1.82) is 0 Å². The highest BCUT2D eigenvalue weighted by atomic mass is 32.2. The Hall–Kier alpha value is -2.15. The van der Waals surface area contributed by atoms with Crippen LogP contribution < -0.4 is 5.32 Å². The van der Waals surface area contributed by atoms with Gasteiger partial charge in [-0.15, -0.1) is 0 Å². The van der Waals surface area contributed by atoms with Gasteiger partial charge in [0.2, 0.25) is 5.95 Å². The lowest BCUT2D eigenvalue weighted by Crippen LogP contribution is -2.05. The minimum atomic E-state index is -0.407. The zero-order valence-electron chi connectivity index (χ0n) is 11.9. The topological polar surface area (TPSA) is 81.0 Å². The number of anilines is 1. The van der Waals surface area contributed by atoms with Gasteiger partial charge < -0.3 is 5.32 Å². The second-order valence-corrected chi connectivity index (χ2v) is 5.54. The molecule has 7 heteroatoms. The van der Waals surface area contributed by atoms with Gasteiger partial charge in [-0.3, -0.25) is 10.1 Å². The fourth-order valence-electron chi connectivity index (χ4n) is 1.66. The molecular weight excluding hydrogens is 288 g/mol. The number of nitrogens with zero attached hydrogens (tertiary/aromatic N) is 3. The standard InChI is InChI=1S/C14H16N4O2S/c1-3-8-15-14-16-10(2)9-13(17-14)21-12-6-4-11(5-7-12)18(19)20/h4-7,9H,3,8H2,1-2H3,(H,15,16,17). The Balaban J connectivity index is 2.14. The van der Waals surface area contributed by atoms with Gasteiger partial charge in [0.15, 0.2) is 0 Å². The zero-order chi connectivity index (χ0) is 15.2. The van der Waals surface area contributed by atoms with E-state index in [1.54, 1.807) is 12.1 Å². The Bertz CT molecular complexity index is 631. The molecule has 0 amide bonds. The molecule has 0 aliphatic heterocycles. The average molecular weight is 304 g/mol.